The molecule has 0 bridgehead atoms. The van der Waals surface area contributed by atoms with Crippen molar-refractivity contribution >= 4 is 13.6 Å². The van der Waals surface area contributed by atoms with Gasteiger partial charge in [-0.2, -0.15) is 12.1 Å². The van der Waals surface area contributed by atoms with Crippen molar-refractivity contribution in [3.8, 4) is 5.75 Å². The Morgan fingerprint density at radius 3 is 2.92 bits per heavy atom. The first-order valence-electron chi connectivity index (χ1n) is 3.50. The Morgan fingerprint density at radius 2 is 2.38 bits per heavy atom. The van der Waals surface area contributed by atoms with Crippen LogP contribution < -0.4 is 4.74 Å². The summed E-state index contributed by atoms with van der Waals surface area (Å²) in [5.74, 6) is -0.155. The van der Waals surface area contributed by atoms with Gasteiger partial charge in [0.25, 0.3) is 0 Å². The van der Waals surface area contributed by atoms with E-state index in [4.69, 9.17) is 4.74 Å². The van der Waals surface area contributed by atoms with Crippen LogP contribution in [0.4, 0.5) is 4.39 Å². The molecular weight excluding hydrogens is 288 g/mol. The Labute approximate surface area is 94.0 Å². The summed E-state index contributed by atoms with van der Waals surface area (Å²) in [7, 11) is 0. The average Bonchev–Trinajstić information content (AvgIpc) is 2.20. The Balaban J connectivity index is 0.000000671. The van der Waals surface area contributed by atoms with Gasteiger partial charge in [0.15, 0.2) is 0 Å². The van der Waals surface area contributed by atoms with Crippen LogP contribution in [0.1, 0.15) is 0 Å². The van der Waals surface area contributed by atoms with Crippen LogP contribution >= 0.6 is 13.6 Å². The predicted octanol–water partition coefficient (Wildman–Crippen LogP) is 3.03. The maximum absolute atomic E-state index is 12.7. The van der Waals surface area contributed by atoms with E-state index in [0.29, 0.717) is 6.61 Å². The molecule has 13 heavy (non-hydrogen) atoms. The molecule has 1 nitrogen and oxygen atoms in total. The molecule has 0 aliphatic rings. The molecule has 0 heterocycles. The summed E-state index contributed by atoms with van der Waals surface area (Å²) in [5.41, 5.74) is 0. The molecule has 1 aromatic rings. The van der Waals surface area contributed by atoms with Crippen LogP contribution in [-0.4, -0.2) is 6.61 Å². The minimum absolute atomic E-state index is 0.239. The van der Waals surface area contributed by atoms with Gasteiger partial charge in [0.05, 0.1) is 0 Å². The Morgan fingerprint density at radius 1 is 1.69 bits per heavy atom. The molecule has 1 rings (SSSR count). The number of rotatable bonds is 3. The van der Waals surface area contributed by atoms with Crippen LogP contribution in [0, 0.1) is 11.9 Å². The van der Waals surface area contributed by atoms with Crippen LogP contribution in [0.3, 0.4) is 0 Å². The van der Waals surface area contributed by atoms with E-state index < -0.39 is 5.82 Å². The number of hydrogen-bond acceptors (Lipinski definition) is 1. The number of hydrogen-bond donors (Lipinski definition) is 0. The second kappa shape index (κ2) is 8.39. The SMILES string of the molecule is C=CCOc1cc[c-]cc1F.[Zn+][Br]. The molecule has 0 atom stereocenters. The van der Waals surface area contributed by atoms with E-state index in [1.165, 1.54) is 28.5 Å². The zero-order valence-electron chi connectivity index (χ0n) is 7.09. The minimum atomic E-state index is -0.394. The molecule has 0 radical (unpaired) electrons. The van der Waals surface area contributed by atoms with Crippen molar-refractivity contribution in [2.45, 2.75) is 0 Å². The van der Waals surface area contributed by atoms with Gasteiger partial charge in [-0.05, 0) is 0 Å². The topological polar surface area (TPSA) is 9.23 Å². The molecule has 0 aromatic heterocycles. The Kier molecular flexibility index (Phi) is 8.26. The van der Waals surface area contributed by atoms with Gasteiger partial charge < -0.3 is 4.74 Å². The number of ether oxygens (including phenoxy) is 1. The maximum atomic E-state index is 12.7. The summed E-state index contributed by atoms with van der Waals surface area (Å²) < 4.78 is 17.7. The number of halogens is 2. The zero-order chi connectivity index (χ0) is 10.1. The first kappa shape index (κ1) is 12.8. The molecule has 0 saturated heterocycles. The zero-order valence-corrected chi connectivity index (χ0v) is 11.6. The molecule has 0 amide bonds. The van der Waals surface area contributed by atoms with Crippen LogP contribution in [0.15, 0.2) is 30.9 Å². The summed E-state index contributed by atoms with van der Waals surface area (Å²) in [5, 5.41) is 0. The van der Waals surface area contributed by atoms with E-state index in [1.807, 2.05) is 0 Å². The van der Waals surface area contributed by atoms with Crippen molar-refractivity contribution in [1.82, 2.24) is 0 Å². The van der Waals surface area contributed by atoms with Crippen LogP contribution in [-0.2, 0) is 16.3 Å². The van der Waals surface area contributed by atoms with Gasteiger partial charge in [-0.1, -0.05) is 12.7 Å². The van der Waals surface area contributed by atoms with E-state index in [9.17, 15) is 4.39 Å². The van der Waals surface area contributed by atoms with Crippen molar-refractivity contribution < 1.29 is 25.5 Å². The van der Waals surface area contributed by atoms with E-state index in [0.717, 1.165) is 0 Å². The van der Waals surface area contributed by atoms with E-state index in [1.54, 1.807) is 12.1 Å². The average molecular weight is 296 g/mol. The third-order valence-electron chi connectivity index (χ3n) is 1.13. The molecule has 0 aliphatic carbocycles. The molecule has 1 aromatic carbocycles. The first-order chi connectivity index (χ1) is 6.34. The van der Waals surface area contributed by atoms with Crippen molar-refractivity contribution in [2.24, 2.45) is 0 Å². The summed E-state index contributed by atoms with van der Waals surface area (Å²) >= 11 is 4.25. The summed E-state index contributed by atoms with van der Waals surface area (Å²) in [6, 6.07) is 6.96. The van der Waals surface area contributed by atoms with Gasteiger partial charge in [-0.15, -0.1) is 12.1 Å². The third-order valence-corrected chi connectivity index (χ3v) is 1.13. The van der Waals surface area contributed by atoms with Gasteiger partial charge in [-0.3, -0.25) is 4.39 Å². The number of benzene rings is 1. The molecule has 0 aliphatic heterocycles. The Bertz CT molecular complexity index is 255. The fraction of sp³-hybridized carbons (Fsp3) is 0.111. The van der Waals surface area contributed by atoms with Crippen LogP contribution in [0.2, 0.25) is 0 Å². The van der Waals surface area contributed by atoms with Gasteiger partial charge >= 0.3 is 30.0 Å². The van der Waals surface area contributed by atoms with Crippen molar-refractivity contribution in [1.29, 1.82) is 0 Å². The summed E-state index contributed by atoms with van der Waals surface area (Å²) in [6.45, 7) is 3.77. The molecule has 0 fully saturated rings. The summed E-state index contributed by atoms with van der Waals surface area (Å²) in [6.07, 6.45) is 1.57. The van der Waals surface area contributed by atoms with Crippen molar-refractivity contribution in [3.05, 3.63) is 42.7 Å². The first-order valence-corrected chi connectivity index (χ1v) is 10.5. The fourth-order valence-electron chi connectivity index (χ4n) is 0.662. The Hall–Kier alpha value is -0.207. The predicted molar refractivity (Wildman–Crippen MR) is 49.9 cm³/mol. The molecule has 0 saturated carbocycles. The molecule has 4 heteroatoms. The van der Waals surface area contributed by atoms with Gasteiger partial charge in [0, 0.05) is 11.6 Å². The molecule has 0 spiro atoms. The van der Waals surface area contributed by atoms with E-state index in [-0.39, 0.29) is 5.75 Å². The fourth-order valence-corrected chi connectivity index (χ4v) is 0.662. The standard InChI is InChI=1S/C9H8FO.BrH.Zn/c1-2-7-11-9-6-4-3-5-8(9)10;;/h2,4-6H,1,7H2;1H;/q-1;;+2/p-1. The monoisotopic (exact) mass is 294 g/mol. The summed E-state index contributed by atoms with van der Waals surface area (Å²) in [4.78, 5) is 0. The van der Waals surface area contributed by atoms with Crippen LogP contribution in [0.25, 0.3) is 0 Å². The third kappa shape index (κ3) is 5.17. The normalized spacial score (nSPS) is 8.31. The van der Waals surface area contributed by atoms with Crippen molar-refractivity contribution in [2.75, 3.05) is 6.61 Å². The van der Waals surface area contributed by atoms with Gasteiger partial charge in [0.2, 0.25) is 0 Å². The molecular formula is C9H8BrFOZn. The van der Waals surface area contributed by atoms with Gasteiger partial charge in [0.1, 0.15) is 6.61 Å². The second-order valence-electron chi connectivity index (χ2n) is 1.96. The molecule has 66 valence electrons. The van der Waals surface area contributed by atoms with E-state index >= 15 is 0 Å². The molecule has 0 N–H and O–H groups in total. The second-order valence-corrected chi connectivity index (χ2v) is 1.96. The van der Waals surface area contributed by atoms with Gasteiger partial charge in [-0.25, -0.2) is 0 Å². The molecule has 0 unspecified atom stereocenters. The van der Waals surface area contributed by atoms with Crippen LogP contribution in [0.5, 0.6) is 5.75 Å². The van der Waals surface area contributed by atoms with E-state index in [2.05, 4.69) is 26.3 Å². The quantitative estimate of drug-likeness (QED) is 0.473. The van der Waals surface area contributed by atoms with Crippen molar-refractivity contribution in [3.63, 3.8) is 0 Å².